The highest BCUT2D eigenvalue weighted by Gasteiger charge is 2.23. The lowest BCUT2D eigenvalue weighted by molar-refractivity contribution is 0.542. The fourth-order valence-corrected chi connectivity index (χ4v) is 2.64. The number of aromatic nitrogens is 4. The van der Waals surface area contributed by atoms with Crippen molar-refractivity contribution in [2.75, 3.05) is 0 Å². The summed E-state index contributed by atoms with van der Waals surface area (Å²) >= 11 is 0. The van der Waals surface area contributed by atoms with Gasteiger partial charge in [-0.3, -0.25) is 0 Å². The third-order valence-corrected chi connectivity index (χ3v) is 3.78. The number of nitrogens with zero attached hydrogens (tertiary/aromatic N) is 3. The summed E-state index contributed by atoms with van der Waals surface area (Å²) in [5.41, 5.74) is 0. The molecule has 0 amide bonds. The Morgan fingerprint density at radius 3 is 2.72 bits per heavy atom. The van der Waals surface area contributed by atoms with Gasteiger partial charge >= 0.3 is 0 Å². The lowest BCUT2D eigenvalue weighted by atomic mass is 10.3. The molecule has 0 aliphatic heterocycles. The normalized spacial score (nSPS) is 13.4. The van der Waals surface area contributed by atoms with Crippen molar-refractivity contribution in [1.82, 2.24) is 25.3 Å². The molecule has 0 aliphatic carbocycles. The summed E-state index contributed by atoms with van der Waals surface area (Å²) in [6.07, 6.45) is 0. The standard InChI is InChI=1S/C9H10FN5O2S/c1-6(9-11-14-15-12-9)13-18(16,17)8-5-3-2-4-7(8)10/h2-6,13H,1H3,(H,11,12,14,15). The summed E-state index contributed by atoms with van der Waals surface area (Å²) < 4.78 is 39.5. The number of rotatable bonds is 4. The maximum absolute atomic E-state index is 13.4. The highest BCUT2D eigenvalue weighted by atomic mass is 32.2. The van der Waals surface area contributed by atoms with E-state index in [2.05, 4.69) is 25.3 Å². The van der Waals surface area contributed by atoms with Gasteiger partial charge in [0.25, 0.3) is 0 Å². The van der Waals surface area contributed by atoms with E-state index in [9.17, 15) is 12.8 Å². The van der Waals surface area contributed by atoms with Crippen molar-refractivity contribution < 1.29 is 12.8 Å². The van der Waals surface area contributed by atoms with Crippen molar-refractivity contribution in [3.63, 3.8) is 0 Å². The van der Waals surface area contributed by atoms with Crippen molar-refractivity contribution in [1.29, 1.82) is 0 Å². The molecule has 0 fully saturated rings. The minimum absolute atomic E-state index is 0.176. The van der Waals surface area contributed by atoms with E-state index in [-0.39, 0.29) is 5.82 Å². The Morgan fingerprint density at radius 1 is 1.39 bits per heavy atom. The summed E-state index contributed by atoms with van der Waals surface area (Å²) in [4.78, 5) is -0.416. The number of benzene rings is 1. The first-order valence-corrected chi connectivity index (χ1v) is 6.49. The Bertz CT molecular complexity index is 628. The first-order valence-electron chi connectivity index (χ1n) is 5.01. The van der Waals surface area contributed by atoms with Gasteiger partial charge in [0.05, 0.1) is 6.04 Å². The predicted molar refractivity (Wildman–Crippen MR) is 59.3 cm³/mol. The molecule has 1 unspecified atom stereocenters. The molecule has 0 radical (unpaired) electrons. The molecule has 7 nitrogen and oxygen atoms in total. The van der Waals surface area contributed by atoms with Crippen LogP contribution in [0.2, 0.25) is 0 Å². The molecule has 96 valence electrons. The fourth-order valence-electron chi connectivity index (χ4n) is 1.36. The van der Waals surface area contributed by atoms with Crippen LogP contribution in [0.1, 0.15) is 18.8 Å². The van der Waals surface area contributed by atoms with Crippen LogP contribution in [-0.2, 0) is 10.0 Å². The highest BCUT2D eigenvalue weighted by Crippen LogP contribution is 2.16. The van der Waals surface area contributed by atoms with Crippen molar-refractivity contribution in [3.05, 3.63) is 35.9 Å². The second-order valence-corrected chi connectivity index (χ2v) is 5.23. The Labute approximate surface area is 102 Å². The largest absolute Gasteiger partial charge is 0.244 e. The zero-order valence-electron chi connectivity index (χ0n) is 9.33. The monoisotopic (exact) mass is 271 g/mol. The van der Waals surface area contributed by atoms with Gasteiger partial charge < -0.3 is 0 Å². The molecule has 1 atom stereocenters. The lowest BCUT2D eigenvalue weighted by Gasteiger charge is -2.11. The van der Waals surface area contributed by atoms with Crippen molar-refractivity contribution >= 4 is 10.0 Å². The van der Waals surface area contributed by atoms with Gasteiger partial charge in [-0.15, -0.1) is 10.2 Å². The second-order valence-electron chi connectivity index (χ2n) is 3.54. The SMILES string of the molecule is CC(NS(=O)(=O)c1ccccc1F)c1nn[nH]n1. The third-order valence-electron chi connectivity index (χ3n) is 2.21. The van der Waals surface area contributed by atoms with Crippen molar-refractivity contribution in [3.8, 4) is 0 Å². The molecule has 1 aromatic carbocycles. The molecule has 1 aromatic heterocycles. The maximum Gasteiger partial charge on any atom is 0.244 e. The van der Waals surface area contributed by atoms with Crippen LogP contribution >= 0.6 is 0 Å². The number of nitrogens with one attached hydrogen (secondary N) is 2. The Morgan fingerprint density at radius 2 is 2.11 bits per heavy atom. The zero-order chi connectivity index (χ0) is 13.2. The van der Waals surface area contributed by atoms with Crippen LogP contribution in [0.25, 0.3) is 0 Å². The van der Waals surface area contributed by atoms with Gasteiger partial charge in [-0.2, -0.15) is 5.21 Å². The quantitative estimate of drug-likeness (QED) is 0.837. The molecular weight excluding hydrogens is 261 g/mol. The molecule has 0 saturated heterocycles. The number of aromatic amines is 1. The van der Waals surface area contributed by atoms with Crippen molar-refractivity contribution in [2.24, 2.45) is 0 Å². The summed E-state index contributed by atoms with van der Waals surface area (Å²) in [7, 11) is -3.96. The number of tetrazole rings is 1. The van der Waals surface area contributed by atoms with E-state index in [1.165, 1.54) is 25.1 Å². The average molecular weight is 271 g/mol. The van der Waals surface area contributed by atoms with Gasteiger partial charge in [-0.05, 0) is 19.1 Å². The van der Waals surface area contributed by atoms with E-state index >= 15 is 0 Å². The topological polar surface area (TPSA) is 101 Å². The van der Waals surface area contributed by atoms with E-state index < -0.39 is 26.8 Å². The fraction of sp³-hybridized carbons (Fsp3) is 0.222. The molecule has 2 rings (SSSR count). The minimum Gasteiger partial charge on any atom is -0.207 e. The van der Waals surface area contributed by atoms with Gasteiger partial charge in [0.2, 0.25) is 10.0 Å². The van der Waals surface area contributed by atoms with E-state index in [0.29, 0.717) is 0 Å². The summed E-state index contributed by atoms with van der Waals surface area (Å²) in [6, 6.07) is 4.40. The number of halogens is 1. The van der Waals surface area contributed by atoms with Crippen LogP contribution in [0.4, 0.5) is 4.39 Å². The van der Waals surface area contributed by atoms with Gasteiger partial charge in [-0.1, -0.05) is 17.3 Å². The number of H-pyrrole nitrogens is 1. The van der Waals surface area contributed by atoms with Crippen LogP contribution in [-0.4, -0.2) is 29.0 Å². The van der Waals surface area contributed by atoms with Gasteiger partial charge in [-0.25, -0.2) is 17.5 Å². The number of sulfonamides is 1. The highest BCUT2D eigenvalue weighted by molar-refractivity contribution is 7.89. The Hall–Kier alpha value is -1.87. The third kappa shape index (κ3) is 2.51. The van der Waals surface area contributed by atoms with Gasteiger partial charge in [0.1, 0.15) is 10.7 Å². The number of hydrogen-bond acceptors (Lipinski definition) is 5. The summed E-state index contributed by atoms with van der Waals surface area (Å²) in [5.74, 6) is -0.639. The average Bonchev–Trinajstić information content (AvgIpc) is 2.82. The molecule has 0 bridgehead atoms. The lowest BCUT2D eigenvalue weighted by Crippen LogP contribution is -2.28. The minimum atomic E-state index is -3.96. The summed E-state index contributed by atoms with van der Waals surface area (Å²) in [5, 5.41) is 12.8. The molecule has 0 aliphatic rings. The van der Waals surface area contributed by atoms with E-state index in [4.69, 9.17) is 0 Å². The first kappa shape index (κ1) is 12.6. The van der Waals surface area contributed by atoms with Crippen LogP contribution in [0.15, 0.2) is 29.2 Å². The van der Waals surface area contributed by atoms with E-state index in [1.54, 1.807) is 0 Å². The zero-order valence-corrected chi connectivity index (χ0v) is 10.1. The van der Waals surface area contributed by atoms with Crippen LogP contribution in [0, 0.1) is 5.82 Å². The Balaban J connectivity index is 2.26. The summed E-state index contributed by atoms with van der Waals surface area (Å²) in [6.45, 7) is 1.53. The smallest absolute Gasteiger partial charge is 0.207 e. The molecule has 2 N–H and O–H groups in total. The van der Waals surface area contributed by atoms with Crippen LogP contribution in [0.5, 0.6) is 0 Å². The molecule has 1 heterocycles. The van der Waals surface area contributed by atoms with E-state index in [0.717, 1.165) is 6.07 Å². The maximum atomic E-state index is 13.4. The molecule has 2 aromatic rings. The van der Waals surface area contributed by atoms with Gasteiger partial charge in [0.15, 0.2) is 5.82 Å². The molecule has 0 saturated carbocycles. The van der Waals surface area contributed by atoms with Crippen LogP contribution < -0.4 is 4.72 Å². The van der Waals surface area contributed by atoms with Gasteiger partial charge in [0, 0.05) is 0 Å². The van der Waals surface area contributed by atoms with E-state index in [1.807, 2.05) is 0 Å². The Kier molecular flexibility index (Phi) is 3.34. The van der Waals surface area contributed by atoms with Crippen LogP contribution in [0.3, 0.4) is 0 Å². The molecule has 0 spiro atoms. The molecule has 9 heteroatoms. The number of hydrogen-bond donors (Lipinski definition) is 2. The second kappa shape index (κ2) is 4.78. The first-order chi connectivity index (χ1) is 8.50. The van der Waals surface area contributed by atoms with Crippen molar-refractivity contribution in [2.45, 2.75) is 17.9 Å². The predicted octanol–water partition coefficient (Wildman–Crippen LogP) is 0.378. The molecular formula is C9H10FN5O2S. The molecule has 18 heavy (non-hydrogen) atoms.